The van der Waals surface area contributed by atoms with Crippen molar-refractivity contribution in [3.63, 3.8) is 0 Å². The van der Waals surface area contributed by atoms with E-state index in [9.17, 15) is 14.0 Å². The normalized spacial score (nSPS) is 16.9. The molecule has 1 atom stereocenters. The van der Waals surface area contributed by atoms with Crippen molar-refractivity contribution in [3.8, 4) is 0 Å². The Kier molecular flexibility index (Phi) is 8.75. The van der Waals surface area contributed by atoms with Gasteiger partial charge in [-0.3, -0.25) is 19.4 Å². The highest BCUT2D eigenvalue weighted by atomic mass is 19.1. The number of benzene rings is 1. The van der Waals surface area contributed by atoms with Crippen molar-refractivity contribution in [1.82, 2.24) is 9.97 Å². The van der Waals surface area contributed by atoms with Gasteiger partial charge in [0, 0.05) is 38.0 Å². The molecule has 0 spiro atoms. The minimum atomic E-state index is -0.495. The molecule has 216 valence electrons. The monoisotopic (exact) mass is 562 g/mol. The van der Waals surface area contributed by atoms with E-state index < -0.39 is 17.6 Å². The molecule has 2 fully saturated rings. The first-order chi connectivity index (χ1) is 19.8. The van der Waals surface area contributed by atoms with Crippen molar-refractivity contribution < 1.29 is 23.6 Å². The van der Waals surface area contributed by atoms with Gasteiger partial charge >= 0.3 is 0 Å². The highest BCUT2D eigenvalue weighted by Crippen LogP contribution is 2.26. The lowest BCUT2D eigenvalue weighted by Gasteiger charge is -2.29. The second kappa shape index (κ2) is 12.6. The summed E-state index contributed by atoms with van der Waals surface area (Å²) in [5.74, 6) is -0.736. The highest BCUT2D eigenvalue weighted by molar-refractivity contribution is 6.08. The van der Waals surface area contributed by atoms with Crippen molar-refractivity contribution in [1.29, 1.82) is 0 Å². The van der Waals surface area contributed by atoms with Crippen LogP contribution in [0.4, 0.5) is 27.3 Å². The topological polar surface area (TPSA) is 100 Å². The fourth-order valence-electron chi connectivity index (χ4n) is 5.20. The molecule has 2 saturated heterocycles. The van der Waals surface area contributed by atoms with Crippen molar-refractivity contribution in [3.05, 3.63) is 71.4 Å². The maximum absolute atomic E-state index is 14.4. The molecule has 2 aliphatic rings. The number of pyridine rings is 2. The number of nitrogens with zero attached hydrogens (tertiary/aromatic N) is 5. The summed E-state index contributed by atoms with van der Waals surface area (Å²) in [6.07, 6.45) is 8.15. The van der Waals surface area contributed by atoms with E-state index in [0.29, 0.717) is 28.6 Å². The minimum Gasteiger partial charge on any atom is -0.371 e. The Labute approximate surface area is 239 Å². The predicted molar refractivity (Wildman–Crippen MR) is 155 cm³/mol. The first kappa shape index (κ1) is 28.4. The molecule has 3 aromatic rings. The van der Waals surface area contributed by atoms with Crippen molar-refractivity contribution >= 4 is 34.7 Å². The summed E-state index contributed by atoms with van der Waals surface area (Å²) in [6.45, 7) is 4.09. The molecule has 0 bridgehead atoms. The van der Waals surface area contributed by atoms with Gasteiger partial charge in [0.05, 0.1) is 42.1 Å². The van der Waals surface area contributed by atoms with Gasteiger partial charge < -0.3 is 19.9 Å². The molecule has 2 aliphatic heterocycles. The van der Waals surface area contributed by atoms with Crippen LogP contribution in [0.15, 0.2) is 48.8 Å². The van der Waals surface area contributed by atoms with Gasteiger partial charge in [-0.25, -0.2) is 9.37 Å². The minimum absolute atomic E-state index is 0.0241. The highest BCUT2D eigenvalue weighted by Gasteiger charge is 2.24. The van der Waals surface area contributed by atoms with Crippen molar-refractivity contribution in [2.45, 2.75) is 45.3 Å². The summed E-state index contributed by atoms with van der Waals surface area (Å²) in [7, 11) is 3.31. The Balaban J connectivity index is 1.32. The smallest absolute Gasteiger partial charge is 0.284 e. The number of nitrogens with one attached hydrogen (secondary N) is 1. The summed E-state index contributed by atoms with van der Waals surface area (Å²) >= 11 is 0. The van der Waals surface area contributed by atoms with Crippen LogP contribution in [0.1, 0.15) is 58.5 Å². The summed E-state index contributed by atoms with van der Waals surface area (Å²) in [4.78, 5) is 44.9. The standard InChI is InChI=1S/C30H35FN6O4/c1-20-26(30(39)37(40-3)24-9-10-27(33-19-24)35(2)28-8-7-13-41-28)17-23(18-32-20)34-29(38)21-14-22(31)16-25(15-21)36-11-5-4-6-12-36/h9-10,14-19,28H,4-8,11-13H2,1-3H3,(H,34,38). The fraction of sp³-hybridized carbons (Fsp3) is 0.400. The van der Waals surface area contributed by atoms with Crippen LogP contribution in [0.3, 0.4) is 0 Å². The molecular formula is C30H35FN6O4. The molecule has 11 heteroatoms. The van der Waals surface area contributed by atoms with Crippen LogP contribution in [-0.4, -0.2) is 61.9 Å². The van der Waals surface area contributed by atoms with E-state index in [1.165, 1.54) is 31.5 Å². The third-order valence-corrected chi connectivity index (χ3v) is 7.47. The van der Waals surface area contributed by atoms with Gasteiger partial charge in [-0.05, 0) is 75.4 Å². The number of aryl methyl sites for hydroxylation is 1. The molecule has 10 nitrogen and oxygen atoms in total. The molecule has 0 radical (unpaired) electrons. The first-order valence-electron chi connectivity index (χ1n) is 13.9. The average molecular weight is 563 g/mol. The number of carbonyl (C=O) groups excluding carboxylic acids is 2. The number of hydrogen-bond donors (Lipinski definition) is 1. The molecule has 1 unspecified atom stereocenters. The largest absolute Gasteiger partial charge is 0.371 e. The number of aromatic nitrogens is 2. The molecule has 41 heavy (non-hydrogen) atoms. The zero-order chi connectivity index (χ0) is 28.9. The quantitative estimate of drug-likeness (QED) is 0.385. The second-order valence-electron chi connectivity index (χ2n) is 10.3. The van der Waals surface area contributed by atoms with Crippen LogP contribution in [0, 0.1) is 12.7 Å². The van der Waals surface area contributed by atoms with Crippen LogP contribution in [0.5, 0.6) is 0 Å². The Morgan fingerprint density at radius 3 is 2.56 bits per heavy atom. The second-order valence-corrected chi connectivity index (χ2v) is 10.3. The number of anilines is 4. The molecule has 0 aliphatic carbocycles. The van der Waals surface area contributed by atoms with Gasteiger partial charge in [-0.1, -0.05) is 0 Å². The zero-order valence-corrected chi connectivity index (χ0v) is 23.6. The summed E-state index contributed by atoms with van der Waals surface area (Å²) in [6, 6.07) is 9.43. The number of hydrogen-bond acceptors (Lipinski definition) is 8. The van der Waals surface area contributed by atoms with E-state index >= 15 is 0 Å². The van der Waals surface area contributed by atoms with Crippen molar-refractivity contribution in [2.75, 3.05) is 54.0 Å². The van der Waals surface area contributed by atoms with E-state index in [2.05, 4.69) is 20.2 Å². The lowest BCUT2D eigenvalue weighted by atomic mass is 10.1. The lowest BCUT2D eigenvalue weighted by Crippen LogP contribution is -2.32. The Hall–Kier alpha value is -4.09. The average Bonchev–Trinajstić information content (AvgIpc) is 3.54. The van der Waals surface area contributed by atoms with Crippen LogP contribution in [0.2, 0.25) is 0 Å². The van der Waals surface area contributed by atoms with Crippen LogP contribution < -0.4 is 20.2 Å². The zero-order valence-electron chi connectivity index (χ0n) is 23.6. The Morgan fingerprint density at radius 2 is 1.88 bits per heavy atom. The van der Waals surface area contributed by atoms with Gasteiger partial charge in [0.15, 0.2) is 0 Å². The van der Waals surface area contributed by atoms with Gasteiger partial charge in [-0.15, -0.1) is 0 Å². The number of halogens is 1. The van der Waals surface area contributed by atoms with Gasteiger partial charge in [-0.2, -0.15) is 5.06 Å². The molecule has 1 N–H and O–H groups in total. The van der Waals surface area contributed by atoms with Crippen LogP contribution in [0.25, 0.3) is 0 Å². The SMILES string of the molecule is CON(C(=O)c1cc(NC(=O)c2cc(F)cc(N3CCCCC3)c2)cnc1C)c1ccc(N(C)C2CCCO2)nc1. The number of rotatable bonds is 8. The molecule has 1 aromatic carbocycles. The van der Waals surface area contributed by atoms with E-state index in [1.807, 2.05) is 11.9 Å². The molecule has 2 amide bonds. The van der Waals surface area contributed by atoms with E-state index in [4.69, 9.17) is 9.57 Å². The third kappa shape index (κ3) is 6.47. The predicted octanol–water partition coefficient (Wildman–Crippen LogP) is 4.95. The van der Waals surface area contributed by atoms with E-state index in [0.717, 1.165) is 56.9 Å². The Morgan fingerprint density at radius 1 is 1.07 bits per heavy atom. The summed E-state index contributed by atoms with van der Waals surface area (Å²) in [5, 5.41) is 3.87. The van der Waals surface area contributed by atoms with E-state index in [-0.39, 0.29) is 17.4 Å². The molecule has 4 heterocycles. The number of ether oxygens (including phenoxy) is 1. The molecule has 2 aromatic heterocycles. The number of piperidine rings is 1. The number of carbonyl (C=O) groups is 2. The number of hydroxylamine groups is 1. The fourth-order valence-corrected chi connectivity index (χ4v) is 5.20. The molecular weight excluding hydrogens is 527 g/mol. The van der Waals surface area contributed by atoms with E-state index in [1.54, 1.807) is 31.3 Å². The maximum Gasteiger partial charge on any atom is 0.284 e. The van der Waals surface area contributed by atoms with Crippen LogP contribution in [-0.2, 0) is 9.57 Å². The van der Waals surface area contributed by atoms with Crippen LogP contribution >= 0.6 is 0 Å². The maximum atomic E-state index is 14.4. The third-order valence-electron chi connectivity index (χ3n) is 7.47. The van der Waals surface area contributed by atoms with Crippen molar-refractivity contribution in [2.24, 2.45) is 0 Å². The van der Waals surface area contributed by atoms with Gasteiger partial charge in [0.2, 0.25) is 0 Å². The summed E-state index contributed by atoms with van der Waals surface area (Å²) < 4.78 is 20.2. The van der Waals surface area contributed by atoms with Gasteiger partial charge in [0.1, 0.15) is 17.9 Å². The molecule has 5 rings (SSSR count). The first-order valence-corrected chi connectivity index (χ1v) is 13.9. The Bertz CT molecular complexity index is 1390. The molecule has 0 saturated carbocycles. The van der Waals surface area contributed by atoms with Gasteiger partial charge in [0.25, 0.3) is 11.8 Å². The number of amides is 2. The lowest BCUT2D eigenvalue weighted by molar-refractivity contribution is 0.0771. The summed E-state index contributed by atoms with van der Waals surface area (Å²) in [5.41, 5.74) is 2.30.